The van der Waals surface area contributed by atoms with Crippen molar-refractivity contribution in [3.8, 4) is 28.7 Å². The number of rotatable bonds is 8. The molecular weight excluding hydrogens is 352 g/mol. The number of nitrogens with one attached hydrogen (secondary N) is 1. The fourth-order valence-corrected chi connectivity index (χ4v) is 2.36. The number of amides is 1. The zero-order valence-corrected chi connectivity index (χ0v) is 15.9. The molecule has 0 fully saturated rings. The highest BCUT2D eigenvalue weighted by atomic mass is 16.5. The Labute approximate surface area is 157 Å². The van der Waals surface area contributed by atoms with E-state index in [2.05, 4.69) is 10.5 Å². The van der Waals surface area contributed by atoms with Gasteiger partial charge in [-0.3, -0.25) is 4.79 Å². The molecule has 0 radical (unpaired) electrons. The summed E-state index contributed by atoms with van der Waals surface area (Å²) < 4.78 is 26.2. The third-order valence-corrected chi connectivity index (χ3v) is 3.74. The van der Waals surface area contributed by atoms with Gasteiger partial charge in [-0.1, -0.05) is 0 Å². The molecular formula is C19H22N2O6. The number of hydrogen-bond donors (Lipinski definition) is 1. The first-order chi connectivity index (χ1) is 13.1. The molecule has 0 saturated carbocycles. The minimum Gasteiger partial charge on any atom is -0.497 e. The summed E-state index contributed by atoms with van der Waals surface area (Å²) in [5.41, 5.74) is 3.45. The van der Waals surface area contributed by atoms with Gasteiger partial charge in [0.1, 0.15) is 11.5 Å². The van der Waals surface area contributed by atoms with E-state index in [1.54, 1.807) is 44.6 Å². The highest BCUT2D eigenvalue weighted by molar-refractivity contribution is 5.96. The summed E-state index contributed by atoms with van der Waals surface area (Å²) in [6.07, 6.45) is 1.48. The van der Waals surface area contributed by atoms with Crippen molar-refractivity contribution in [2.24, 2.45) is 5.10 Å². The van der Waals surface area contributed by atoms with E-state index in [0.717, 1.165) is 0 Å². The normalized spacial score (nSPS) is 10.4. The molecule has 8 nitrogen and oxygen atoms in total. The van der Waals surface area contributed by atoms with Gasteiger partial charge in [-0.25, -0.2) is 5.43 Å². The van der Waals surface area contributed by atoms with E-state index in [-0.39, 0.29) is 0 Å². The first kappa shape index (κ1) is 19.9. The van der Waals surface area contributed by atoms with Crippen LogP contribution in [0.1, 0.15) is 15.9 Å². The molecule has 0 aliphatic rings. The maximum Gasteiger partial charge on any atom is 0.271 e. The minimum atomic E-state index is -0.432. The average molecular weight is 374 g/mol. The number of carbonyl (C=O) groups is 1. The maximum atomic E-state index is 12.4. The lowest BCUT2D eigenvalue weighted by Crippen LogP contribution is -2.18. The number of hydrazone groups is 1. The van der Waals surface area contributed by atoms with Gasteiger partial charge in [0.15, 0.2) is 11.5 Å². The van der Waals surface area contributed by atoms with Gasteiger partial charge in [0, 0.05) is 17.2 Å². The van der Waals surface area contributed by atoms with E-state index in [9.17, 15) is 4.79 Å². The van der Waals surface area contributed by atoms with Crippen LogP contribution in [0.15, 0.2) is 35.4 Å². The van der Waals surface area contributed by atoms with Crippen molar-refractivity contribution < 1.29 is 28.5 Å². The fraction of sp³-hybridized carbons (Fsp3) is 0.263. The van der Waals surface area contributed by atoms with Gasteiger partial charge in [0.2, 0.25) is 5.75 Å². The zero-order chi connectivity index (χ0) is 19.8. The van der Waals surface area contributed by atoms with Crippen LogP contribution in [0, 0.1) is 0 Å². The van der Waals surface area contributed by atoms with Gasteiger partial charge in [-0.15, -0.1) is 0 Å². The number of carbonyl (C=O) groups excluding carboxylic acids is 1. The molecule has 0 spiro atoms. The van der Waals surface area contributed by atoms with Crippen molar-refractivity contribution in [1.82, 2.24) is 5.43 Å². The molecule has 0 unspecified atom stereocenters. The van der Waals surface area contributed by atoms with E-state index in [1.807, 2.05) is 0 Å². The number of ether oxygens (including phenoxy) is 5. The molecule has 2 aromatic carbocycles. The smallest absolute Gasteiger partial charge is 0.271 e. The summed E-state index contributed by atoms with van der Waals surface area (Å²) in [5.74, 6) is 1.96. The van der Waals surface area contributed by atoms with Crippen molar-refractivity contribution >= 4 is 12.1 Å². The molecule has 0 bridgehead atoms. The third-order valence-electron chi connectivity index (χ3n) is 3.74. The van der Waals surface area contributed by atoms with Gasteiger partial charge in [-0.2, -0.15) is 5.10 Å². The molecule has 0 aliphatic carbocycles. The second kappa shape index (κ2) is 9.33. The van der Waals surface area contributed by atoms with Crippen LogP contribution in [0.25, 0.3) is 0 Å². The van der Waals surface area contributed by atoms with Crippen LogP contribution in [0.3, 0.4) is 0 Å². The van der Waals surface area contributed by atoms with Crippen LogP contribution in [0.2, 0.25) is 0 Å². The summed E-state index contributed by atoms with van der Waals surface area (Å²) in [5, 5.41) is 3.98. The second-order valence-electron chi connectivity index (χ2n) is 5.22. The molecule has 0 aromatic heterocycles. The van der Waals surface area contributed by atoms with Crippen LogP contribution in [0.4, 0.5) is 0 Å². The molecule has 8 heteroatoms. The minimum absolute atomic E-state index is 0.309. The fourth-order valence-electron chi connectivity index (χ4n) is 2.36. The lowest BCUT2D eigenvalue weighted by atomic mass is 10.1. The van der Waals surface area contributed by atoms with Crippen molar-refractivity contribution in [1.29, 1.82) is 0 Å². The van der Waals surface area contributed by atoms with Crippen LogP contribution < -0.4 is 29.1 Å². The summed E-state index contributed by atoms with van der Waals surface area (Å²) in [4.78, 5) is 12.4. The highest BCUT2D eigenvalue weighted by Gasteiger charge is 2.16. The molecule has 0 atom stereocenters. The molecule has 27 heavy (non-hydrogen) atoms. The van der Waals surface area contributed by atoms with Crippen LogP contribution in [0.5, 0.6) is 28.7 Å². The van der Waals surface area contributed by atoms with Gasteiger partial charge in [0.25, 0.3) is 5.91 Å². The van der Waals surface area contributed by atoms with Crippen molar-refractivity contribution in [3.63, 3.8) is 0 Å². The Bertz CT molecular complexity index is 810. The Morgan fingerprint density at radius 3 is 2.00 bits per heavy atom. The van der Waals surface area contributed by atoms with E-state index >= 15 is 0 Å². The summed E-state index contributed by atoms with van der Waals surface area (Å²) in [6, 6.07) is 8.35. The largest absolute Gasteiger partial charge is 0.497 e. The SMILES string of the molecule is COc1ccc(C=NNC(=O)c2cc(OC)c(OC)c(OC)c2)c(OC)c1. The van der Waals surface area contributed by atoms with Crippen LogP contribution in [-0.2, 0) is 0 Å². The highest BCUT2D eigenvalue weighted by Crippen LogP contribution is 2.38. The summed E-state index contributed by atoms with van der Waals surface area (Å²) in [7, 11) is 7.56. The maximum absolute atomic E-state index is 12.4. The molecule has 1 N–H and O–H groups in total. The van der Waals surface area contributed by atoms with E-state index in [0.29, 0.717) is 39.9 Å². The molecule has 2 rings (SSSR count). The number of hydrogen-bond acceptors (Lipinski definition) is 7. The monoisotopic (exact) mass is 374 g/mol. The number of methoxy groups -OCH3 is 5. The Morgan fingerprint density at radius 1 is 0.852 bits per heavy atom. The summed E-state index contributed by atoms with van der Waals surface area (Å²) in [6.45, 7) is 0. The average Bonchev–Trinajstić information content (AvgIpc) is 2.72. The Hall–Kier alpha value is -3.42. The molecule has 2 aromatic rings. The van der Waals surface area contributed by atoms with E-state index < -0.39 is 5.91 Å². The number of benzene rings is 2. The van der Waals surface area contributed by atoms with Crippen LogP contribution in [-0.4, -0.2) is 47.7 Å². The zero-order valence-electron chi connectivity index (χ0n) is 15.9. The van der Waals surface area contributed by atoms with Gasteiger partial charge in [0.05, 0.1) is 41.8 Å². The molecule has 0 aliphatic heterocycles. The van der Waals surface area contributed by atoms with Crippen molar-refractivity contribution in [3.05, 3.63) is 41.5 Å². The van der Waals surface area contributed by atoms with Crippen molar-refractivity contribution in [2.75, 3.05) is 35.5 Å². The Morgan fingerprint density at radius 2 is 1.48 bits per heavy atom. The van der Waals surface area contributed by atoms with Crippen molar-refractivity contribution in [2.45, 2.75) is 0 Å². The molecule has 144 valence electrons. The lowest BCUT2D eigenvalue weighted by Gasteiger charge is -2.13. The third kappa shape index (κ3) is 4.60. The molecule has 0 saturated heterocycles. The standard InChI is InChI=1S/C19H22N2O6/c1-23-14-7-6-12(15(10-14)24-2)11-20-21-19(22)13-8-16(25-3)18(27-5)17(9-13)26-4/h6-11H,1-5H3,(H,21,22). The number of nitrogens with zero attached hydrogens (tertiary/aromatic N) is 1. The van der Waals surface area contributed by atoms with Gasteiger partial charge >= 0.3 is 0 Å². The lowest BCUT2D eigenvalue weighted by molar-refractivity contribution is 0.0954. The predicted molar refractivity (Wildman–Crippen MR) is 101 cm³/mol. The first-order valence-corrected chi connectivity index (χ1v) is 7.93. The van der Waals surface area contributed by atoms with Gasteiger partial charge in [-0.05, 0) is 24.3 Å². The summed E-state index contributed by atoms with van der Waals surface area (Å²) >= 11 is 0. The van der Waals surface area contributed by atoms with E-state index in [4.69, 9.17) is 23.7 Å². The van der Waals surface area contributed by atoms with E-state index in [1.165, 1.54) is 27.5 Å². The van der Waals surface area contributed by atoms with Crippen LogP contribution >= 0.6 is 0 Å². The predicted octanol–water partition coefficient (Wildman–Crippen LogP) is 2.49. The second-order valence-corrected chi connectivity index (χ2v) is 5.22. The molecule has 1 amide bonds. The first-order valence-electron chi connectivity index (χ1n) is 7.93. The quantitative estimate of drug-likeness (QED) is 0.564. The molecule has 0 heterocycles. The topological polar surface area (TPSA) is 87.6 Å². The Balaban J connectivity index is 2.19. The van der Waals surface area contributed by atoms with Gasteiger partial charge < -0.3 is 23.7 Å². The Kier molecular flexibility index (Phi) is 6.87.